The maximum Gasteiger partial charge on any atom is 0.242 e. The molecule has 2 aromatic rings. The summed E-state index contributed by atoms with van der Waals surface area (Å²) in [4.78, 5) is 30.0. The van der Waals surface area contributed by atoms with Gasteiger partial charge >= 0.3 is 0 Å². The molecule has 29 heavy (non-hydrogen) atoms. The normalized spacial score (nSPS) is 18.1. The fourth-order valence-corrected chi connectivity index (χ4v) is 4.79. The molecule has 2 heterocycles. The third kappa shape index (κ3) is 4.40. The number of hydrogen-bond acceptors (Lipinski definition) is 5. The molecule has 2 amide bonds. The molecule has 7 heteroatoms. The molecule has 2 aliphatic rings. The highest BCUT2D eigenvalue weighted by molar-refractivity contribution is 7.10. The summed E-state index contributed by atoms with van der Waals surface area (Å²) in [5, 5.41) is 2.07. The zero-order chi connectivity index (χ0) is 20.4. The van der Waals surface area contributed by atoms with Crippen LogP contribution in [-0.4, -0.2) is 54.5 Å². The lowest BCUT2D eigenvalue weighted by Gasteiger charge is -2.37. The van der Waals surface area contributed by atoms with E-state index in [9.17, 15) is 9.59 Å². The van der Waals surface area contributed by atoms with Crippen molar-refractivity contribution in [3.05, 3.63) is 46.2 Å². The van der Waals surface area contributed by atoms with Gasteiger partial charge in [-0.25, -0.2) is 0 Å². The van der Waals surface area contributed by atoms with E-state index >= 15 is 0 Å². The van der Waals surface area contributed by atoms with Crippen LogP contribution in [0.1, 0.15) is 36.2 Å². The van der Waals surface area contributed by atoms with Crippen molar-refractivity contribution >= 4 is 23.2 Å². The van der Waals surface area contributed by atoms with Gasteiger partial charge in [-0.2, -0.15) is 0 Å². The molecule has 1 saturated carbocycles. The number of rotatable bonds is 7. The van der Waals surface area contributed by atoms with E-state index in [1.54, 1.807) is 30.3 Å². The molecule has 1 aliphatic carbocycles. The van der Waals surface area contributed by atoms with Crippen LogP contribution in [0.4, 0.5) is 0 Å². The maximum atomic E-state index is 13.2. The first kappa shape index (κ1) is 19.8. The van der Waals surface area contributed by atoms with Crippen molar-refractivity contribution in [1.82, 2.24) is 9.80 Å². The van der Waals surface area contributed by atoms with E-state index in [2.05, 4.69) is 11.4 Å². The van der Waals surface area contributed by atoms with Crippen LogP contribution in [-0.2, 0) is 16.0 Å². The topological polar surface area (TPSA) is 59.1 Å². The third-order valence-electron chi connectivity index (χ3n) is 5.56. The van der Waals surface area contributed by atoms with Crippen molar-refractivity contribution < 1.29 is 19.1 Å². The minimum absolute atomic E-state index is 0.0109. The summed E-state index contributed by atoms with van der Waals surface area (Å²) in [6.07, 6.45) is 2.83. The summed E-state index contributed by atoms with van der Waals surface area (Å²) in [7, 11) is 1.62. The number of hydrogen-bond donors (Lipinski definition) is 0. The summed E-state index contributed by atoms with van der Waals surface area (Å²) < 4.78 is 11.3. The highest BCUT2D eigenvalue weighted by Gasteiger charge is 2.36. The first-order valence-corrected chi connectivity index (χ1v) is 10.8. The Hall–Kier alpha value is -2.54. The second-order valence-electron chi connectivity index (χ2n) is 7.52. The summed E-state index contributed by atoms with van der Waals surface area (Å²) in [5.41, 5.74) is 1.15. The van der Waals surface area contributed by atoms with Crippen molar-refractivity contribution in [3.8, 4) is 11.5 Å². The Bertz CT molecular complexity index is 892. The maximum absolute atomic E-state index is 13.2. The standard InChI is InChI=1S/C22H26N2O4S/c1-15(25)24(16-6-7-16)13-22(26)23-10-8-21-19(9-11-29-21)20(23)14-28-18-5-3-4-17(12-18)27-2/h3-5,9,11-12,16,20H,6-8,10,13-14H2,1-2H3. The van der Waals surface area contributed by atoms with Gasteiger partial charge in [0.1, 0.15) is 24.7 Å². The van der Waals surface area contributed by atoms with Crippen LogP contribution in [0.5, 0.6) is 11.5 Å². The lowest BCUT2D eigenvalue weighted by atomic mass is 10.0. The third-order valence-corrected chi connectivity index (χ3v) is 6.56. The molecule has 0 bridgehead atoms. The zero-order valence-corrected chi connectivity index (χ0v) is 17.6. The second-order valence-corrected chi connectivity index (χ2v) is 8.52. The number of fused-ring (bicyclic) bond motifs is 1. The Morgan fingerprint density at radius 2 is 2.03 bits per heavy atom. The quantitative estimate of drug-likeness (QED) is 0.698. The molecule has 0 saturated heterocycles. The molecule has 1 aliphatic heterocycles. The van der Waals surface area contributed by atoms with Crippen molar-refractivity contribution in [2.45, 2.75) is 38.3 Å². The first-order chi connectivity index (χ1) is 14.1. The number of nitrogens with zero attached hydrogens (tertiary/aromatic N) is 2. The van der Waals surface area contributed by atoms with Crippen LogP contribution in [0.25, 0.3) is 0 Å². The van der Waals surface area contributed by atoms with Gasteiger partial charge in [0.2, 0.25) is 11.8 Å². The van der Waals surface area contributed by atoms with Gasteiger partial charge in [-0.05, 0) is 48.4 Å². The molecule has 0 radical (unpaired) electrons. The number of benzene rings is 1. The van der Waals surface area contributed by atoms with E-state index in [-0.39, 0.29) is 30.4 Å². The Balaban J connectivity index is 1.50. The fourth-order valence-electron chi connectivity index (χ4n) is 3.86. The Kier molecular flexibility index (Phi) is 5.76. The van der Waals surface area contributed by atoms with Crippen LogP contribution < -0.4 is 9.47 Å². The van der Waals surface area contributed by atoms with E-state index in [1.165, 1.54) is 4.88 Å². The van der Waals surface area contributed by atoms with Gasteiger partial charge < -0.3 is 19.3 Å². The monoisotopic (exact) mass is 414 g/mol. The van der Waals surface area contributed by atoms with Gasteiger partial charge in [0.05, 0.1) is 13.2 Å². The molecule has 1 atom stereocenters. The molecule has 154 valence electrons. The molecule has 0 spiro atoms. The van der Waals surface area contributed by atoms with E-state index in [0.717, 1.165) is 30.6 Å². The highest BCUT2D eigenvalue weighted by Crippen LogP contribution is 2.35. The number of carbonyl (C=O) groups is 2. The van der Waals surface area contributed by atoms with Crippen LogP contribution in [0, 0.1) is 0 Å². The van der Waals surface area contributed by atoms with E-state index in [1.807, 2.05) is 29.2 Å². The lowest BCUT2D eigenvalue weighted by molar-refractivity contribution is -0.142. The van der Waals surface area contributed by atoms with Gasteiger partial charge in [0.15, 0.2) is 0 Å². The average Bonchev–Trinajstić information content (AvgIpc) is 3.45. The van der Waals surface area contributed by atoms with Crippen LogP contribution in [0.15, 0.2) is 35.7 Å². The number of amides is 2. The number of methoxy groups -OCH3 is 1. The van der Waals surface area contributed by atoms with Gasteiger partial charge in [0.25, 0.3) is 0 Å². The molecule has 4 rings (SSSR count). The summed E-state index contributed by atoms with van der Waals surface area (Å²) in [5.74, 6) is 1.40. The molecule has 0 N–H and O–H groups in total. The van der Waals surface area contributed by atoms with Crippen molar-refractivity contribution in [2.75, 3.05) is 26.8 Å². The summed E-state index contributed by atoms with van der Waals surface area (Å²) in [6, 6.07) is 9.64. The Morgan fingerprint density at radius 3 is 2.76 bits per heavy atom. The minimum Gasteiger partial charge on any atom is -0.497 e. The molecular weight excluding hydrogens is 388 g/mol. The van der Waals surface area contributed by atoms with E-state index < -0.39 is 0 Å². The molecule has 1 aromatic heterocycles. The average molecular weight is 415 g/mol. The van der Waals surface area contributed by atoms with Crippen molar-refractivity contribution in [3.63, 3.8) is 0 Å². The molecule has 1 fully saturated rings. The number of thiophene rings is 1. The number of carbonyl (C=O) groups excluding carboxylic acids is 2. The largest absolute Gasteiger partial charge is 0.497 e. The minimum atomic E-state index is -0.156. The van der Waals surface area contributed by atoms with Gasteiger partial charge in [-0.15, -0.1) is 11.3 Å². The summed E-state index contributed by atoms with van der Waals surface area (Å²) >= 11 is 1.73. The first-order valence-electron chi connectivity index (χ1n) is 9.96. The predicted molar refractivity (Wildman–Crippen MR) is 111 cm³/mol. The highest BCUT2D eigenvalue weighted by atomic mass is 32.1. The lowest BCUT2D eigenvalue weighted by Crippen LogP contribution is -2.48. The smallest absolute Gasteiger partial charge is 0.242 e. The van der Waals surface area contributed by atoms with Gasteiger partial charge in [0, 0.05) is 30.5 Å². The SMILES string of the molecule is COc1cccc(OCC2c3ccsc3CCN2C(=O)CN(C(C)=O)C2CC2)c1. The van der Waals surface area contributed by atoms with Gasteiger partial charge in [-0.3, -0.25) is 9.59 Å². The van der Waals surface area contributed by atoms with Crippen LogP contribution in [0.3, 0.4) is 0 Å². The van der Waals surface area contributed by atoms with Crippen LogP contribution in [0.2, 0.25) is 0 Å². The van der Waals surface area contributed by atoms with Crippen molar-refractivity contribution in [2.24, 2.45) is 0 Å². The molecule has 1 aromatic carbocycles. The molecule has 1 unspecified atom stereocenters. The van der Waals surface area contributed by atoms with Crippen molar-refractivity contribution in [1.29, 1.82) is 0 Å². The van der Waals surface area contributed by atoms with E-state index in [4.69, 9.17) is 9.47 Å². The zero-order valence-electron chi connectivity index (χ0n) is 16.8. The number of ether oxygens (including phenoxy) is 2. The van der Waals surface area contributed by atoms with Gasteiger partial charge in [-0.1, -0.05) is 6.07 Å². The fraction of sp³-hybridized carbons (Fsp3) is 0.455. The predicted octanol–water partition coefficient (Wildman–Crippen LogP) is 3.27. The Labute approximate surface area is 175 Å². The molecule has 6 nitrogen and oxygen atoms in total. The second kappa shape index (κ2) is 8.45. The molecular formula is C22H26N2O4S. The van der Waals surface area contributed by atoms with E-state index in [0.29, 0.717) is 18.9 Å². The summed E-state index contributed by atoms with van der Waals surface area (Å²) in [6.45, 7) is 2.71. The Morgan fingerprint density at radius 1 is 1.24 bits per heavy atom. The van der Waals surface area contributed by atoms with Crippen LogP contribution >= 0.6 is 11.3 Å².